The first kappa shape index (κ1) is 13.5. The lowest BCUT2D eigenvalue weighted by Gasteiger charge is -2.14. The van der Waals surface area contributed by atoms with Crippen LogP contribution in [0.1, 0.15) is 10.4 Å². The van der Waals surface area contributed by atoms with E-state index in [2.05, 4.69) is 4.98 Å². The molecule has 0 saturated carbocycles. The molecule has 0 amide bonds. The number of benzene rings is 1. The van der Waals surface area contributed by atoms with Crippen molar-refractivity contribution in [1.29, 1.82) is 0 Å². The van der Waals surface area contributed by atoms with Gasteiger partial charge in [0.05, 0.1) is 18.3 Å². The van der Waals surface area contributed by atoms with Gasteiger partial charge in [-0.05, 0) is 17.7 Å². The Morgan fingerprint density at radius 2 is 2.05 bits per heavy atom. The van der Waals surface area contributed by atoms with Crippen molar-refractivity contribution in [2.24, 2.45) is 0 Å². The smallest absolute Gasteiger partial charge is 0.385 e. The zero-order chi connectivity index (χ0) is 14.2. The Morgan fingerprint density at radius 1 is 1.42 bits per heavy atom. The third kappa shape index (κ3) is 2.31. The molecule has 2 rings (SSSR count). The van der Waals surface area contributed by atoms with Crippen LogP contribution in [0.2, 0.25) is 0 Å². The quantitative estimate of drug-likeness (QED) is 0.696. The molecule has 0 bridgehead atoms. The van der Waals surface area contributed by atoms with Crippen LogP contribution < -0.4 is 10.5 Å². The van der Waals surface area contributed by atoms with E-state index >= 15 is 0 Å². The van der Waals surface area contributed by atoms with Gasteiger partial charge in [0.25, 0.3) is 5.78 Å². The minimum atomic E-state index is -4.06. The van der Waals surface area contributed by atoms with Crippen LogP contribution >= 0.6 is 11.6 Å². The van der Waals surface area contributed by atoms with E-state index in [4.69, 9.17) is 22.1 Å². The van der Waals surface area contributed by atoms with Crippen molar-refractivity contribution in [1.82, 2.24) is 4.98 Å². The molecule has 0 aliphatic rings. The van der Waals surface area contributed by atoms with E-state index in [1.807, 2.05) is 0 Å². The van der Waals surface area contributed by atoms with Crippen molar-refractivity contribution in [3.63, 3.8) is 0 Å². The molecule has 0 atom stereocenters. The highest BCUT2D eigenvalue weighted by Gasteiger charge is 2.40. The molecular formula is C12H9ClF2N2O2. The van der Waals surface area contributed by atoms with Crippen molar-refractivity contribution in [2.45, 2.75) is 5.38 Å². The van der Waals surface area contributed by atoms with Crippen LogP contribution in [0.3, 0.4) is 0 Å². The fraction of sp³-hybridized carbons (Fsp3) is 0.167. The monoisotopic (exact) mass is 286 g/mol. The summed E-state index contributed by atoms with van der Waals surface area (Å²) < 4.78 is 30.8. The maximum atomic E-state index is 13.0. The summed E-state index contributed by atoms with van der Waals surface area (Å²) in [6, 6.07) is 6.55. The average Bonchev–Trinajstić information content (AvgIpc) is 2.36. The molecule has 1 aromatic heterocycles. The predicted molar refractivity (Wildman–Crippen MR) is 67.8 cm³/mol. The summed E-state index contributed by atoms with van der Waals surface area (Å²) in [5.74, 6) is -1.91. The van der Waals surface area contributed by atoms with Gasteiger partial charge in [-0.3, -0.25) is 4.79 Å². The van der Waals surface area contributed by atoms with E-state index in [9.17, 15) is 13.6 Å². The summed E-state index contributed by atoms with van der Waals surface area (Å²) in [6.07, 6.45) is 0. The van der Waals surface area contributed by atoms with Crippen LogP contribution in [-0.2, 0) is 0 Å². The molecule has 0 aliphatic heterocycles. The summed E-state index contributed by atoms with van der Waals surface area (Å²) in [5, 5.41) is -3.68. The van der Waals surface area contributed by atoms with E-state index < -0.39 is 16.7 Å². The maximum absolute atomic E-state index is 13.0. The first-order valence-electron chi connectivity index (χ1n) is 5.20. The fourth-order valence-corrected chi connectivity index (χ4v) is 1.82. The Hall–Kier alpha value is -1.95. The number of Topliss-reactive ketones (excluding diaryl/α,β-unsaturated/α-hetero) is 1. The number of ketones is 1. The number of fused-ring (bicyclic) bond motifs is 1. The summed E-state index contributed by atoms with van der Waals surface area (Å²) in [7, 11) is 1.21. The molecule has 0 fully saturated rings. The Morgan fingerprint density at radius 3 is 2.63 bits per heavy atom. The van der Waals surface area contributed by atoms with Gasteiger partial charge < -0.3 is 10.5 Å². The van der Waals surface area contributed by atoms with Gasteiger partial charge in [-0.1, -0.05) is 18.2 Å². The molecular weight excluding hydrogens is 278 g/mol. The number of halogens is 3. The van der Waals surface area contributed by atoms with Crippen molar-refractivity contribution in [2.75, 3.05) is 12.8 Å². The number of nitrogen functional groups attached to an aromatic ring is 1. The number of carbonyl (C=O) groups excluding carboxylic acids is 1. The number of nitrogens with zero attached hydrogens (tertiary/aromatic N) is 1. The van der Waals surface area contributed by atoms with Crippen LogP contribution in [0.5, 0.6) is 5.88 Å². The number of alkyl halides is 3. The van der Waals surface area contributed by atoms with Gasteiger partial charge in [-0.25, -0.2) is 4.98 Å². The zero-order valence-electron chi connectivity index (χ0n) is 9.78. The highest BCUT2D eigenvalue weighted by molar-refractivity contribution is 6.36. The molecule has 100 valence electrons. The number of carbonyl (C=O) groups is 1. The predicted octanol–water partition coefficient (Wildman–Crippen LogP) is 2.84. The van der Waals surface area contributed by atoms with Crippen LogP contribution in [-0.4, -0.2) is 23.3 Å². The van der Waals surface area contributed by atoms with E-state index in [0.29, 0.717) is 10.9 Å². The maximum Gasteiger partial charge on any atom is 0.385 e. The highest BCUT2D eigenvalue weighted by atomic mass is 35.5. The second-order valence-corrected chi connectivity index (χ2v) is 4.23. The number of hydrogen-bond acceptors (Lipinski definition) is 4. The molecule has 1 aromatic carbocycles. The molecule has 1 heterocycles. The summed E-state index contributed by atoms with van der Waals surface area (Å²) in [4.78, 5) is 15.6. The van der Waals surface area contributed by atoms with Crippen molar-refractivity contribution >= 4 is 34.0 Å². The lowest BCUT2D eigenvalue weighted by atomic mass is 10.1. The van der Waals surface area contributed by atoms with Gasteiger partial charge in [0.2, 0.25) is 5.88 Å². The van der Waals surface area contributed by atoms with Gasteiger partial charge in [-0.15, -0.1) is 0 Å². The van der Waals surface area contributed by atoms with Gasteiger partial charge in [-0.2, -0.15) is 8.78 Å². The van der Waals surface area contributed by atoms with Gasteiger partial charge in [0.15, 0.2) is 0 Å². The minimum absolute atomic E-state index is 0.132. The first-order chi connectivity index (χ1) is 8.86. The number of ether oxygens (including phenoxy) is 1. The van der Waals surface area contributed by atoms with Crippen molar-refractivity contribution in [3.8, 4) is 5.88 Å². The van der Waals surface area contributed by atoms with Gasteiger partial charge in [0.1, 0.15) is 5.56 Å². The SMILES string of the molecule is COc1nc2ccccc2c(N)c1C(=O)C(F)(F)Cl. The van der Waals surface area contributed by atoms with E-state index in [1.165, 1.54) is 7.11 Å². The molecule has 0 aliphatic carbocycles. The molecule has 2 N–H and O–H groups in total. The highest BCUT2D eigenvalue weighted by Crippen LogP contribution is 2.35. The van der Waals surface area contributed by atoms with E-state index in [0.717, 1.165) is 0 Å². The van der Waals surface area contributed by atoms with Crippen LogP contribution in [0.25, 0.3) is 10.9 Å². The lowest BCUT2D eigenvalue weighted by Crippen LogP contribution is -2.24. The fourth-order valence-electron chi connectivity index (χ4n) is 1.72. The van der Waals surface area contributed by atoms with E-state index in [1.54, 1.807) is 24.3 Å². The van der Waals surface area contributed by atoms with Crippen LogP contribution in [0.15, 0.2) is 24.3 Å². The number of anilines is 1. The Balaban J connectivity index is 2.79. The number of hydrogen-bond donors (Lipinski definition) is 1. The first-order valence-corrected chi connectivity index (χ1v) is 5.57. The number of para-hydroxylation sites is 1. The van der Waals surface area contributed by atoms with Crippen molar-refractivity contribution < 1.29 is 18.3 Å². The second-order valence-electron chi connectivity index (χ2n) is 3.75. The zero-order valence-corrected chi connectivity index (χ0v) is 10.5. The molecule has 2 aromatic rings. The minimum Gasteiger partial charge on any atom is -0.480 e. The molecule has 0 radical (unpaired) electrons. The standard InChI is InChI=1S/C12H9ClF2N2O2/c1-19-11-8(10(18)12(13,14)15)9(16)6-4-2-3-5-7(6)17-11/h2-5H,1H3,(H2,16,17). The molecule has 0 spiro atoms. The largest absolute Gasteiger partial charge is 0.480 e. The Bertz CT molecular complexity index is 656. The number of pyridine rings is 1. The van der Waals surface area contributed by atoms with Crippen molar-refractivity contribution in [3.05, 3.63) is 29.8 Å². The summed E-state index contributed by atoms with van der Waals surface area (Å²) >= 11 is 4.75. The summed E-state index contributed by atoms with van der Waals surface area (Å²) in [6.45, 7) is 0. The number of methoxy groups -OCH3 is 1. The van der Waals surface area contributed by atoms with Gasteiger partial charge in [0, 0.05) is 5.39 Å². The molecule has 4 nitrogen and oxygen atoms in total. The third-order valence-electron chi connectivity index (χ3n) is 2.58. The Labute approximate surface area is 112 Å². The average molecular weight is 287 g/mol. The van der Waals surface area contributed by atoms with Crippen LogP contribution in [0, 0.1) is 0 Å². The Kier molecular flexibility index (Phi) is 3.28. The molecule has 0 unspecified atom stereocenters. The number of nitrogens with two attached hydrogens (primary N) is 1. The van der Waals surface area contributed by atoms with Gasteiger partial charge >= 0.3 is 5.38 Å². The topological polar surface area (TPSA) is 65.2 Å². The second kappa shape index (κ2) is 4.62. The van der Waals surface area contributed by atoms with Crippen LogP contribution in [0.4, 0.5) is 14.5 Å². The third-order valence-corrected chi connectivity index (χ3v) is 2.75. The lowest BCUT2D eigenvalue weighted by molar-refractivity contribution is 0.0533. The van der Waals surface area contributed by atoms with E-state index in [-0.39, 0.29) is 11.6 Å². The molecule has 19 heavy (non-hydrogen) atoms. The number of aromatic nitrogens is 1. The summed E-state index contributed by atoms with van der Waals surface area (Å²) in [5.41, 5.74) is 5.55. The normalized spacial score (nSPS) is 11.6. The molecule has 0 saturated heterocycles. The molecule has 7 heteroatoms. The number of rotatable bonds is 3.